The van der Waals surface area contributed by atoms with Crippen LogP contribution in [0.4, 0.5) is 0 Å². The zero-order chi connectivity index (χ0) is 6.62. The van der Waals surface area contributed by atoms with Gasteiger partial charge in [0.05, 0.1) is 0 Å². The average molecular weight is 171 g/mol. The summed E-state index contributed by atoms with van der Waals surface area (Å²) in [7, 11) is 0. The van der Waals surface area contributed by atoms with Crippen molar-refractivity contribution in [2.24, 2.45) is 0 Å². The molecule has 0 aromatic rings. The maximum atomic E-state index is 5.27. The monoisotopic (exact) mass is 170 g/mol. The van der Waals surface area contributed by atoms with Gasteiger partial charge in [0.2, 0.25) is 0 Å². The van der Waals surface area contributed by atoms with Crippen LogP contribution in [-0.2, 0) is 0 Å². The van der Waals surface area contributed by atoms with Gasteiger partial charge in [-0.25, -0.2) is 0 Å². The lowest BCUT2D eigenvalue weighted by Gasteiger charge is -1.95. The summed E-state index contributed by atoms with van der Waals surface area (Å²) >= 11 is 15.8. The quantitative estimate of drug-likeness (QED) is 0.388. The normalized spacial score (nSPS) is 10.0. The second kappa shape index (κ2) is 3.45. The SMILES string of the molecule is CCC#CC(Cl)(Cl)Cl. The molecule has 0 aliphatic heterocycles. The van der Waals surface area contributed by atoms with Crippen LogP contribution in [0.1, 0.15) is 13.3 Å². The second-order valence-corrected chi connectivity index (χ2v) is 3.43. The summed E-state index contributed by atoms with van der Waals surface area (Å²) in [6, 6.07) is 0. The van der Waals surface area contributed by atoms with Gasteiger partial charge in [0.1, 0.15) is 0 Å². The number of hydrogen-bond acceptors (Lipinski definition) is 0. The zero-order valence-electron chi connectivity index (χ0n) is 4.34. The van der Waals surface area contributed by atoms with Gasteiger partial charge < -0.3 is 0 Å². The molecule has 0 nitrogen and oxygen atoms in total. The van der Waals surface area contributed by atoms with E-state index in [1.807, 2.05) is 6.92 Å². The predicted molar refractivity (Wildman–Crippen MR) is 38.4 cm³/mol. The van der Waals surface area contributed by atoms with Crippen LogP contribution in [0.15, 0.2) is 0 Å². The van der Waals surface area contributed by atoms with E-state index in [9.17, 15) is 0 Å². The minimum atomic E-state index is -1.39. The van der Waals surface area contributed by atoms with E-state index in [4.69, 9.17) is 34.8 Å². The Kier molecular flexibility index (Phi) is 3.64. The maximum absolute atomic E-state index is 5.27. The Morgan fingerprint density at radius 1 is 1.38 bits per heavy atom. The molecule has 0 N–H and O–H groups in total. The Labute approximate surface area is 64.1 Å². The lowest BCUT2D eigenvalue weighted by Crippen LogP contribution is -1.94. The summed E-state index contributed by atoms with van der Waals surface area (Å²) < 4.78 is -1.39. The Morgan fingerprint density at radius 3 is 2.00 bits per heavy atom. The molecular formula is C5H5Cl3. The van der Waals surface area contributed by atoms with Gasteiger partial charge in [-0.05, 0) is 5.92 Å². The smallest absolute Gasteiger partial charge is 0.0992 e. The molecule has 3 heteroatoms. The molecule has 0 saturated heterocycles. The topological polar surface area (TPSA) is 0 Å². The fourth-order valence-corrected chi connectivity index (χ4v) is 0.389. The molecule has 0 spiro atoms. The van der Waals surface area contributed by atoms with Crippen LogP contribution in [0.5, 0.6) is 0 Å². The van der Waals surface area contributed by atoms with Crippen molar-refractivity contribution in [2.75, 3.05) is 0 Å². The van der Waals surface area contributed by atoms with Crippen LogP contribution in [0.3, 0.4) is 0 Å². The van der Waals surface area contributed by atoms with E-state index in [1.165, 1.54) is 0 Å². The zero-order valence-corrected chi connectivity index (χ0v) is 6.61. The molecule has 0 aliphatic carbocycles. The van der Waals surface area contributed by atoms with Crippen molar-refractivity contribution in [3.8, 4) is 11.8 Å². The third-order valence-electron chi connectivity index (χ3n) is 0.407. The first-order valence-electron chi connectivity index (χ1n) is 2.13. The van der Waals surface area contributed by atoms with Crippen LogP contribution >= 0.6 is 34.8 Å². The van der Waals surface area contributed by atoms with E-state index < -0.39 is 3.79 Å². The molecule has 0 heterocycles. The van der Waals surface area contributed by atoms with Crippen LogP contribution in [-0.4, -0.2) is 3.79 Å². The number of rotatable bonds is 0. The minimum Gasteiger partial charge on any atom is -0.0992 e. The molecule has 0 rings (SSSR count). The largest absolute Gasteiger partial charge is 0.252 e. The first kappa shape index (κ1) is 8.43. The van der Waals surface area contributed by atoms with Gasteiger partial charge in [0, 0.05) is 6.42 Å². The van der Waals surface area contributed by atoms with Crippen LogP contribution in [0.25, 0.3) is 0 Å². The Balaban J connectivity index is 3.69. The number of hydrogen-bond donors (Lipinski definition) is 0. The highest BCUT2D eigenvalue weighted by molar-refractivity contribution is 6.69. The van der Waals surface area contributed by atoms with Crippen LogP contribution in [0, 0.1) is 11.8 Å². The molecule has 0 saturated carbocycles. The molecule has 0 atom stereocenters. The molecule has 0 aliphatic rings. The third kappa shape index (κ3) is 6.43. The van der Waals surface area contributed by atoms with Crippen molar-refractivity contribution in [1.29, 1.82) is 0 Å². The highest BCUT2D eigenvalue weighted by atomic mass is 35.6. The second-order valence-electron chi connectivity index (χ2n) is 1.15. The predicted octanol–water partition coefficient (Wildman–Crippen LogP) is 2.77. The van der Waals surface area contributed by atoms with E-state index in [0.29, 0.717) is 6.42 Å². The van der Waals surface area contributed by atoms with Gasteiger partial charge in [0.15, 0.2) is 0 Å². The standard InChI is InChI=1S/C5H5Cl3/c1-2-3-4-5(6,7)8/h2H2,1H3. The Morgan fingerprint density at radius 2 is 1.88 bits per heavy atom. The van der Waals surface area contributed by atoms with Crippen molar-refractivity contribution >= 4 is 34.8 Å². The number of halogens is 3. The van der Waals surface area contributed by atoms with Gasteiger partial charge in [-0.2, -0.15) is 0 Å². The molecule has 8 heavy (non-hydrogen) atoms. The first-order chi connectivity index (χ1) is 3.56. The molecule has 0 bridgehead atoms. The van der Waals surface area contributed by atoms with E-state index in [0.717, 1.165) is 0 Å². The van der Waals surface area contributed by atoms with Crippen molar-refractivity contribution < 1.29 is 0 Å². The fourth-order valence-electron chi connectivity index (χ4n) is 0.189. The molecule has 0 amide bonds. The lowest BCUT2D eigenvalue weighted by molar-refractivity contribution is 1.27. The lowest BCUT2D eigenvalue weighted by atomic mass is 10.5. The fraction of sp³-hybridized carbons (Fsp3) is 0.600. The van der Waals surface area contributed by atoms with Crippen molar-refractivity contribution in [3.05, 3.63) is 0 Å². The number of alkyl halides is 3. The minimum absolute atomic E-state index is 0.716. The Hall–Kier alpha value is 0.430. The van der Waals surface area contributed by atoms with Gasteiger partial charge >= 0.3 is 0 Å². The molecule has 0 unspecified atom stereocenters. The van der Waals surface area contributed by atoms with Crippen molar-refractivity contribution in [3.63, 3.8) is 0 Å². The van der Waals surface area contributed by atoms with Crippen molar-refractivity contribution in [2.45, 2.75) is 17.1 Å². The van der Waals surface area contributed by atoms with Gasteiger partial charge in [-0.3, -0.25) is 0 Å². The summed E-state index contributed by atoms with van der Waals surface area (Å²) in [5.74, 6) is 5.06. The van der Waals surface area contributed by atoms with E-state index in [1.54, 1.807) is 0 Å². The van der Waals surface area contributed by atoms with E-state index >= 15 is 0 Å². The summed E-state index contributed by atoms with van der Waals surface area (Å²) in [6.07, 6.45) is 0.716. The van der Waals surface area contributed by atoms with Crippen LogP contribution in [0.2, 0.25) is 0 Å². The highest BCUT2D eigenvalue weighted by Gasteiger charge is 2.13. The van der Waals surface area contributed by atoms with Gasteiger partial charge in [0.25, 0.3) is 3.79 Å². The molecule has 0 aromatic heterocycles. The van der Waals surface area contributed by atoms with E-state index in [2.05, 4.69) is 11.8 Å². The molecule has 46 valence electrons. The highest BCUT2D eigenvalue weighted by Crippen LogP contribution is 2.24. The Bertz CT molecular complexity index is 112. The summed E-state index contributed by atoms with van der Waals surface area (Å²) in [4.78, 5) is 0. The van der Waals surface area contributed by atoms with Crippen LogP contribution < -0.4 is 0 Å². The first-order valence-corrected chi connectivity index (χ1v) is 3.26. The molecule has 0 aromatic carbocycles. The van der Waals surface area contributed by atoms with Gasteiger partial charge in [-0.15, -0.1) is 0 Å². The van der Waals surface area contributed by atoms with Crippen molar-refractivity contribution in [1.82, 2.24) is 0 Å². The van der Waals surface area contributed by atoms with Gasteiger partial charge in [-0.1, -0.05) is 47.6 Å². The third-order valence-corrected chi connectivity index (χ3v) is 0.690. The summed E-state index contributed by atoms with van der Waals surface area (Å²) in [5, 5.41) is 0. The average Bonchev–Trinajstić information content (AvgIpc) is 1.59. The maximum Gasteiger partial charge on any atom is 0.252 e. The summed E-state index contributed by atoms with van der Waals surface area (Å²) in [6.45, 7) is 1.89. The molecule has 0 radical (unpaired) electrons. The molecule has 0 fully saturated rings. The molecular weight excluding hydrogens is 166 g/mol. The summed E-state index contributed by atoms with van der Waals surface area (Å²) in [5.41, 5.74) is 0. The van der Waals surface area contributed by atoms with E-state index in [-0.39, 0.29) is 0 Å².